The largest absolute Gasteiger partial charge is 0.497 e. The minimum atomic E-state index is -0.855. The van der Waals surface area contributed by atoms with Crippen molar-refractivity contribution in [2.75, 3.05) is 13.7 Å². The predicted molar refractivity (Wildman–Crippen MR) is 158 cm³/mol. The van der Waals surface area contributed by atoms with E-state index in [2.05, 4.69) is 5.32 Å². The van der Waals surface area contributed by atoms with E-state index in [1.807, 2.05) is 43.3 Å². The van der Waals surface area contributed by atoms with Gasteiger partial charge < -0.3 is 20.5 Å². The van der Waals surface area contributed by atoms with Crippen molar-refractivity contribution in [1.82, 2.24) is 5.32 Å². The van der Waals surface area contributed by atoms with Gasteiger partial charge in [-0.1, -0.05) is 42.0 Å². The maximum atomic E-state index is 13.8. The molecule has 4 aromatic carbocycles. The van der Waals surface area contributed by atoms with E-state index in [4.69, 9.17) is 15.2 Å². The number of rotatable bonds is 12. The van der Waals surface area contributed by atoms with Gasteiger partial charge in [0.1, 0.15) is 23.5 Å². The summed E-state index contributed by atoms with van der Waals surface area (Å²) in [5.41, 5.74) is 10.6. The van der Waals surface area contributed by atoms with Gasteiger partial charge in [-0.05, 0) is 79.4 Å². The van der Waals surface area contributed by atoms with Gasteiger partial charge >= 0.3 is 5.97 Å². The Morgan fingerprint density at radius 2 is 1.50 bits per heavy atom. The van der Waals surface area contributed by atoms with Crippen LogP contribution in [0.15, 0.2) is 84.9 Å². The van der Waals surface area contributed by atoms with Crippen molar-refractivity contribution >= 4 is 11.8 Å². The van der Waals surface area contributed by atoms with Gasteiger partial charge in [0.25, 0.3) is 0 Å². The van der Waals surface area contributed by atoms with Crippen molar-refractivity contribution in [2.45, 2.75) is 39.0 Å². The molecule has 6 nitrogen and oxygen atoms in total. The van der Waals surface area contributed by atoms with Crippen LogP contribution in [0.3, 0.4) is 0 Å². The maximum absolute atomic E-state index is 13.8. The molecule has 0 aliphatic rings. The maximum Gasteiger partial charge on any atom is 0.338 e. The van der Waals surface area contributed by atoms with Crippen molar-refractivity contribution in [3.05, 3.63) is 136 Å². The molecule has 218 valence electrons. The van der Waals surface area contributed by atoms with E-state index >= 15 is 0 Å². The van der Waals surface area contributed by atoms with E-state index in [1.165, 1.54) is 18.2 Å². The topological polar surface area (TPSA) is 90.6 Å². The monoisotopic (exact) mass is 572 g/mol. The molecule has 0 fully saturated rings. The normalized spacial score (nSPS) is 12.4. The highest BCUT2D eigenvalue weighted by molar-refractivity contribution is 6.10. The first kappa shape index (κ1) is 30.6. The second kappa shape index (κ2) is 14.0. The number of methoxy groups -OCH3 is 1. The van der Waals surface area contributed by atoms with Crippen LogP contribution in [-0.4, -0.2) is 37.6 Å². The summed E-state index contributed by atoms with van der Waals surface area (Å²) < 4.78 is 38.8. The summed E-state index contributed by atoms with van der Waals surface area (Å²) in [5.74, 6) is -1.60. The number of carbonyl (C=O) groups is 2. The summed E-state index contributed by atoms with van der Waals surface area (Å²) in [5, 5.41) is 3.25. The highest BCUT2D eigenvalue weighted by atomic mass is 19.1. The zero-order chi connectivity index (χ0) is 30.2. The summed E-state index contributed by atoms with van der Waals surface area (Å²) in [6.07, 6.45) is -0.787. The summed E-state index contributed by atoms with van der Waals surface area (Å²) >= 11 is 0. The van der Waals surface area contributed by atoms with Crippen LogP contribution >= 0.6 is 0 Å². The van der Waals surface area contributed by atoms with Crippen LogP contribution in [0.5, 0.6) is 5.75 Å². The molecule has 4 rings (SSSR count). The molecule has 8 heteroatoms. The van der Waals surface area contributed by atoms with E-state index in [0.717, 1.165) is 17.2 Å². The van der Waals surface area contributed by atoms with Crippen LogP contribution < -0.4 is 15.8 Å². The number of aryl methyl sites for hydroxylation is 2. The molecule has 0 bridgehead atoms. The van der Waals surface area contributed by atoms with Crippen molar-refractivity contribution in [2.24, 2.45) is 5.73 Å². The van der Waals surface area contributed by atoms with Gasteiger partial charge in [-0.25, -0.2) is 13.6 Å². The SMILES string of the molecule is COc1cccc(CNC[C@@H](OC(=O)c2cc(C)cc(C(=O)c3ccc(C)cc3)c2)[C@@H](N)Cc2cc(F)cc(F)c2)c1. The van der Waals surface area contributed by atoms with Crippen LogP contribution in [0.1, 0.15) is 48.5 Å². The highest BCUT2D eigenvalue weighted by Gasteiger charge is 2.25. The van der Waals surface area contributed by atoms with Gasteiger partial charge in [-0.15, -0.1) is 0 Å². The van der Waals surface area contributed by atoms with Gasteiger partial charge in [0.2, 0.25) is 0 Å². The average Bonchev–Trinajstić information content (AvgIpc) is 2.95. The van der Waals surface area contributed by atoms with E-state index < -0.39 is 29.7 Å². The molecule has 0 heterocycles. The quantitative estimate of drug-likeness (QED) is 0.167. The van der Waals surface area contributed by atoms with Gasteiger partial charge in [0.05, 0.1) is 12.7 Å². The summed E-state index contributed by atoms with van der Waals surface area (Å²) in [6, 6.07) is 22.0. The minimum Gasteiger partial charge on any atom is -0.497 e. The lowest BCUT2D eigenvalue weighted by molar-refractivity contribution is 0.0238. The Kier molecular flexibility index (Phi) is 10.2. The van der Waals surface area contributed by atoms with Crippen molar-refractivity contribution in [1.29, 1.82) is 0 Å². The molecule has 0 aliphatic heterocycles. The zero-order valence-corrected chi connectivity index (χ0v) is 23.8. The standard InChI is InChI=1S/C34H34F2N2O4/c1-21-7-9-25(10-8-21)33(39)26-11-22(2)12-27(17-26)34(40)42-32(20-38-19-23-5-4-6-30(15-23)41-3)31(37)16-24-13-28(35)18-29(36)14-24/h4-15,17-18,31-32,38H,16,19-20,37H2,1-3H3/t31-,32+/m0/s1. The van der Waals surface area contributed by atoms with Crippen molar-refractivity contribution in [3.63, 3.8) is 0 Å². The third kappa shape index (κ3) is 8.31. The fraction of sp³-hybridized carbons (Fsp3) is 0.235. The van der Waals surface area contributed by atoms with Gasteiger partial charge in [-0.3, -0.25) is 4.79 Å². The highest BCUT2D eigenvalue weighted by Crippen LogP contribution is 2.19. The van der Waals surface area contributed by atoms with Crippen LogP contribution in [-0.2, 0) is 17.7 Å². The van der Waals surface area contributed by atoms with Crippen LogP contribution in [0.4, 0.5) is 8.78 Å². The molecule has 0 aliphatic carbocycles. The molecule has 0 radical (unpaired) electrons. The lowest BCUT2D eigenvalue weighted by Gasteiger charge is -2.25. The summed E-state index contributed by atoms with van der Waals surface area (Å²) in [4.78, 5) is 26.5. The van der Waals surface area contributed by atoms with E-state index in [9.17, 15) is 18.4 Å². The molecule has 2 atom stereocenters. The summed E-state index contributed by atoms with van der Waals surface area (Å²) in [7, 11) is 1.58. The van der Waals surface area contributed by atoms with E-state index in [-0.39, 0.29) is 24.3 Å². The van der Waals surface area contributed by atoms with E-state index in [0.29, 0.717) is 34.5 Å². The zero-order valence-electron chi connectivity index (χ0n) is 23.8. The minimum absolute atomic E-state index is 0.0679. The first-order valence-corrected chi connectivity index (χ1v) is 13.6. The number of nitrogens with one attached hydrogen (secondary N) is 1. The molecule has 0 spiro atoms. The van der Waals surface area contributed by atoms with Gasteiger partial charge in [0.15, 0.2) is 5.78 Å². The fourth-order valence-corrected chi connectivity index (χ4v) is 4.66. The Morgan fingerprint density at radius 3 is 2.19 bits per heavy atom. The Balaban J connectivity index is 1.53. The van der Waals surface area contributed by atoms with Crippen LogP contribution in [0.25, 0.3) is 0 Å². The van der Waals surface area contributed by atoms with E-state index in [1.54, 1.807) is 38.3 Å². The average molecular weight is 573 g/mol. The number of benzene rings is 4. The number of hydrogen-bond donors (Lipinski definition) is 2. The predicted octanol–water partition coefficient (Wildman–Crippen LogP) is 5.71. The lowest BCUT2D eigenvalue weighted by Crippen LogP contribution is -2.46. The molecule has 0 aromatic heterocycles. The number of esters is 1. The Hall–Kier alpha value is -4.40. The number of ketones is 1. The first-order chi connectivity index (χ1) is 20.1. The molecule has 0 unspecified atom stereocenters. The second-order valence-corrected chi connectivity index (χ2v) is 10.4. The van der Waals surface area contributed by atoms with Gasteiger partial charge in [-0.2, -0.15) is 0 Å². The van der Waals surface area contributed by atoms with Crippen molar-refractivity contribution in [3.8, 4) is 5.75 Å². The molecule has 0 saturated carbocycles. The second-order valence-electron chi connectivity index (χ2n) is 10.4. The molecule has 3 N–H and O–H groups in total. The van der Waals surface area contributed by atoms with Crippen LogP contribution in [0.2, 0.25) is 0 Å². The number of carbonyl (C=O) groups excluding carboxylic acids is 2. The third-order valence-electron chi connectivity index (χ3n) is 6.83. The van der Waals surface area contributed by atoms with Gasteiger partial charge in [0, 0.05) is 36.3 Å². The fourth-order valence-electron chi connectivity index (χ4n) is 4.66. The van der Waals surface area contributed by atoms with Crippen molar-refractivity contribution < 1.29 is 27.8 Å². The number of halogens is 2. The molecule has 0 amide bonds. The number of hydrogen-bond acceptors (Lipinski definition) is 6. The molecule has 0 saturated heterocycles. The Morgan fingerprint density at radius 1 is 0.810 bits per heavy atom. The Bertz CT molecular complexity index is 1540. The molecule has 42 heavy (non-hydrogen) atoms. The smallest absolute Gasteiger partial charge is 0.338 e. The first-order valence-electron chi connectivity index (χ1n) is 13.6. The van der Waals surface area contributed by atoms with Crippen LogP contribution in [0, 0.1) is 25.5 Å². The molecular weight excluding hydrogens is 538 g/mol. The number of ether oxygens (including phenoxy) is 2. The molecule has 4 aromatic rings. The Labute approximate surface area is 244 Å². The third-order valence-corrected chi connectivity index (χ3v) is 6.83. The molecular formula is C34H34F2N2O4. The lowest BCUT2D eigenvalue weighted by atomic mass is 9.98. The number of nitrogens with two attached hydrogens (primary N) is 1. The summed E-state index contributed by atoms with van der Waals surface area (Å²) in [6.45, 7) is 4.34.